The molecule has 1 aliphatic rings. The molecule has 3 aromatic rings. The highest BCUT2D eigenvalue weighted by Gasteiger charge is 2.35. The van der Waals surface area contributed by atoms with E-state index in [-0.39, 0.29) is 11.6 Å². The number of hydrogen-bond acceptors (Lipinski definition) is 3. The Hall–Kier alpha value is -2.84. The number of rotatable bonds is 2. The van der Waals surface area contributed by atoms with E-state index in [9.17, 15) is 18.0 Å². The summed E-state index contributed by atoms with van der Waals surface area (Å²) in [6, 6.07) is 4.65. The van der Waals surface area contributed by atoms with Crippen molar-refractivity contribution in [1.29, 1.82) is 0 Å². The van der Waals surface area contributed by atoms with E-state index in [1.165, 1.54) is 5.56 Å². The normalized spacial score (nSPS) is 16.3. The van der Waals surface area contributed by atoms with Gasteiger partial charge < -0.3 is 9.88 Å². The van der Waals surface area contributed by atoms with Crippen LogP contribution in [0.25, 0.3) is 11.0 Å². The number of nitrogens with zero attached hydrogens (tertiary/aromatic N) is 3. The minimum atomic E-state index is -4.54. The van der Waals surface area contributed by atoms with Gasteiger partial charge in [-0.25, -0.2) is 4.98 Å². The number of aromatic amines is 2. The smallest absolute Gasteiger partial charge is 0.346 e. The summed E-state index contributed by atoms with van der Waals surface area (Å²) in [6.07, 6.45) is 0.613. The van der Waals surface area contributed by atoms with E-state index in [0.29, 0.717) is 13.1 Å². The molecule has 0 radical (unpaired) electrons. The highest BCUT2D eigenvalue weighted by molar-refractivity contribution is 5.92. The van der Waals surface area contributed by atoms with Gasteiger partial charge in [0, 0.05) is 36.9 Å². The zero-order chi connectivity index (χ0) is 18.3. The van der Waals surface area contributed by atoms with Crippen molar-refractivity contribution in [2.75, 3.05) is 13.1 Å². The van der Waals surface area contributed by atoms with Gasteiger partial charge in [0.25, 0.3) is 5.91 Å². The molecule has 1 amide bonds. The molecule has 0 atom stereocenters. The van der Waals surface area contributed by atoms with Crippen LogP contribution in [0, 0.1) is 0 Å². The Bertz CT molecular complexity index is 937. The largest absolute Gasteiger partial charge is 0.432 e. The number of fused-ring (bicyclic) bond motifs is 1. The first-order valence-electron chi connectivity index (χ1n) is 8.27. The monoisotopic (exact) mass is 363 g/mol. The van der Waals surface area contributed by atoms with Gasteiger partial charge >= 0.3 is 6.18 Å². The fraction of sp³-hybridized carbons (Fsp3) is 0.353. The van der Waals surface area contributed by atoms with Gasteiger partial charge in [0.15, 0.2) is 5.69 Å². The molecule has 9 heteroatoms. The third-order valence-electron chi connectivity index (χ3n) is 4.81. The molecule has 0 bridgehead atoms. The molecule has 4 rings (SSSR count). The van der Waals surface area contributed by atoms with Crippen LogP contribution >= 0.6 is 0 Å². The Balaban J connectivity index is 1.45. The summed E-state index contributed by atoms with van der Waals surface area (Å²) in [5.74, 6) is -0.197. The summed E-state index contributed by atoms with van der Waals surface area (Å²) >= 11 is 0. The molecule has 1 aliphatic heterocycles. The first-order valence-corrected chi connectivity index (χ1v) is 8.27. The van der Waals surface area contributed by atoms with Crippen LogP contribution in [-0.4, -0.2) is 44.1 Å². The summed E-state index contributed by atoms with van der Waals surface area (Å²) in [5, 5.41) is 6.47. The predicted molar refractivity (Wildman–Crippen MR) is 87.6 cm³/mol. The van der Waals surface area contributed by atoms with E-state index in [0.717, 1.165) is 29.9 Å². The van der Waals surface area contributed by atoms with Gasteiger partial charge in [-0.05, 0) is 36.5 Å². The summed E-state index contributed by atoms with van der Waals surface area (Å²) in [4.78, 5) is 21.4. The van der Waals surface area contributed by atoms with Gasteiger partial charge in [0.2, 0.25) is 0 Å². The zero-order valence-corrected chi connectivity index (χ0v) is 13.7. The van der Waals surface area contributed by atoms with Crippen LogP contribution < -0.4 is 0 Å². The van der Waals surface area contributed by atoms with Gasteiger partial charge in [-0.1, -0.05) is 0 Å². The number of carbonyl (C=O) groups excluding carboxylic acids is 1. The molecule has 2 N–H and O–H groups in total. The molecule has 0 aromatic carbocycles. The second kappa shape index (κ2) is 6.15. The highest BCUT2D eigenvalue weighted by atomic mass is 19.4. The van der Waals surface area contributed by atoms with Crippen molar-refractivity contribution >= 4 is 16.9 Å². The fourth-order valence-electron chi connectivity index (χ4n) is 3.45. The number of halogens is 3. The summed E-state index contributed by atoms with van der Waals surface area (Å²) < 4.78 is 37.9. The Morgan fingerprint density at radius 1 is 1.27 bits per heavy atom. The number of H-pyrrole nitrogens is 2. The minimum absolute atomic E-state index is 0.202. The third kappa shape index (κ3) is 2.93. The average Bonchev–Trinajstić information content (AvgIpc) is 3.28. The molecule has 0 spiro atoms. The summed E-state index contributed by atoms with van der Waals surface area (Å²) in [5.41, 5.74) is 0.783. The quantitative estimate of drug-likeness (QED) is 0.733. The SMILES string of the molecule is O=C(c1cc(C(F)(F)F)[nH]n1)N1CCC(c2c[nH]c3ncccc23)CC1. The fourth-order valence-corrected chi connectivity index (χ4v) is 3.45. The Morgan fingerprint density at radius 3 is 2.73 bits per heavy atom. The van der Waals surface area contributed by atoms with Crippen molar-refractivity contribution in [2.45, 2.75) is 24.9 Å². The standard InChI is InChI=1S/C17H16F3N5O/c18-17(19,20)14-8-13(23-24-14)16(26)25-6-3-10(4-7-25)12-9-22-15-11(12)2-1-5-21-15/h1-2,5,8-10H,3-4,6-7H2,(H,21,22)(H,23,24). The lowest BCUT2D eigenvalue weighted by molar-refractivity contribution is -0.141. The zero-order valence-electron chi connectivity index (χ0n) is 13.7. The number of carbonyl (C=O) groups is 1. The number of hydrogen-bond donors (Lipinski definition) is 2. The van der Waals surface area contributed by atoms with Crippen LogP contribution in [-0.2, 0) is 6.18 Å². The van der Waals surface area contributed by atoms with Gasteiger partial charge in [0.1, 0.15) is 11.3 Å². The van der Waals surface area contributed by atoms with E-state index in [1.54, 1.807) is 11.1 Å². The van der Waals surface area contributed by atoms with Gasteiger partial charge in [-0.2, -0.15) is 18.3 Å². The number of likely N-dealkylation sites (tertiary alicyclic amines) is 1. The van der Waals surface area contributed by atoms with Crippen molar-refractivity contribution in [3.05, 3.63) is 47.5 Å². The molecule has 136 valence electrons. The molecule has 1 saturated heterocycles. The number of piperidine rings is 1. The predicted octanol–water partition coefficient (Wildman–Crippen LogP) is 3.32. The van der Waals surface area contributed by atoms with Crippen molar-refractivity contribution in [3.8, 4) is 0 Å². The van der Waals surface area contributed by atoms with E-state index < -0.39 is 17.8 Å². The van der Waals surface area contributed by atoms with Crippen molar-refractivity contribution in [2.24, 2.45) is 0 Å². The first-order chi connectivity index (χ1) is 12.4. The number of pyridine rings is 1. The lowest BCUT2D eigenvalue weighted by Gasteiger charge is -2.31. The molecule has 0 aliphatic carbocycles. The molecule has 0 saturated carbocycles. The van der Waals surface area contributed by atoms with E-state index >= 15 is 0 Å². The van der Waals surface area contributed by atoms with E-state index in [1.807, 2.05) is 23.4 Å². The van der Waals surface area contributed by atoms with Gasteiger partial charge in [-0.3, -0.25) is 9.89 Å². The molecular formula is C17H16F3N5O. The van der Waals surface area contributed by atoms with Crippen LogP contribution in [0.15, 0.2) is 30.6 Å². The number of alkyl halides is 3. The number of nitrogens with one attached hydrogen (secondary N) is 2. The van der Waals surface area contributed by atoms with Crippen molar-refractivity contribution in [3.63, 3.8) is 0 Å². The third-order valence-corrected chi connectivity index (χ3v) is 4.81. The minimum Gasteiger partial charge on any atom is -0.346 e. The topological polar surface area (TPSA) is 77.7 Å². The van der Waals surface area contributed by atoms with Crippen molar-refractivity contribution in [1.82, 2.24) is 25.1 Å². The van der Waals surface area contributed by atoms with E-state index in [4.69, 9.17) is 0 Å². The molecule has 26 heavy (non-hydrogen) atoms. The Kier molecular flexibility index (Phi) is 3.93. The molecule has 0 unspecified atom stereocenters. The average molecular weight is 363 g/mol. The summed E-state index contributed by atoms with van der Waals surface area (Å²) in [6.45, 7) is 0.954. The Morgan fingerprint density at radius 2 is 2.04 bits per heavy atom. The summed E-state index contributed by atoms with van der Waals surface area (Å²) in [7, 11) is 0. The Labute approximate surface area is 146 Å². The van der Waals surface area contributed by atoms with Crippen LogP contribution in [0.3, 0.4) is 0 Å². The van der Waals surface area contributed by atoms with Gasteiger partial charge in [0.05, 0.1) is 0 Å². The van der Waals surface area contributed by atoms with E-state index in [2.05, 4.69) is 15.1 Å². The molecule has 1 fully saturated rings. The van der Waals surface area contributed by atoms with Crippen LogP contribution in [0.2, 0.25) is 0 Å². The lowest BCUT2D eigenvalue weighted by Crippen LogP contribution is -2.38. The second-order valence-electron chi connectivity index (χ2n) is 6.37. The maximum Gasteiger partial charge on any atom is 0.432 e. The molecular weight excluding hydrogens is 347 g/mol. The number of aromatic nitrogens is 4. The molecule has 3 aromatic heterocycles. The molecule has 6 nitrogen and oxygen atoms in total. The first kappa shape index (κ1) is 16.6. The second-order valence-corrected chi connectivity index (χ2v) is 6.37. The lowest BCUT2D eigenvalue weighted by atomic mass is 9.89. The maximum atomic E-state index is 12.6. The van der Waals surface area contributed by atoms with Gasteiger partial charge in [-0.15, -0.1) is 0 Å². The van der Waals surface area contributed by atoms with Crippen LogP contribution in [0.1, 0.15) is 40.5 Å². The van der Waals surface area contributed by atoms with Crippen molar-refractivity contribution < 1.29 is 18.0 Å². The van der Waals surface area contributed by atoms with Crippen LogP contribution in [0.4, 0.5) is 13.2 Å². The number of amides is 1. The maximum absolute atomic E-state index is 12.6. The highest BCUT2D eigenvalue weighted by Crippen LogP contribution is 2.33. The molecule has 4 heterocycles. The van der Waals surface area contributed by atoms with Crippen LogP contribution in [0.5, 0.6) is 0 Å².